The quantitative estimate of drug-likeness (QED) is 0.921. The van der Waals surface area contributed by atoms with Gasteiger partial charge in [-0.1, -0.05) is 0 Å². The number of anilines is 1. The Hall–Kier alpha value is -0.400. The number of nitrogen functional groups attached to an aromatic ring is 1. The van der Waals surface area contributed by atoms with Crippen molar-refractivity contribution in [3.8, 4) is 0 Å². The summed E-state index contributed by atoms with van der Waals surface area (Å²) >= 11 is 1.58. The molecule has 3 rings (SSSR count). The summed E-state index contributed by atoms with van der Waals surface area (Å²) in [5, 5.41) is 0.660. The van der Waals surface area contributed by atoms with Crippen molar-refractivity contribution < 1.29 is 9.47 Å². The van der Waals surface area contributed by atoms with E-state index in [9.17, 15) is 0 Å². The molecular formula is C12H20ClN3O2S. The van der Waals surface area contributed by atoms with Crippen LogP contribution in [-0.4, -0.2) is 42.5 Å². The normalized spacial score (nSPS) is 22.5. The summed E-state index contributed by atoms with van der Waals surface area (Å²) in [6, 6.07) is 0. The highest BCUT2D eigenvalue weighted by Crippen LogP contribution is 2.27. The summed E-state index contributed by atoms with van der Waals surface area (Å²) < 4.78 is 11.2. The van der Waals surface area contributed by atoms with Gasteiger partial charge in [0.1, 0.15) is 0 Å². The summed E-state index contributed by atoms with van der Waals surface area (Å²) in [5.74, 6) is 0.565. The molecule has 0 saturated carbocycles. The molecule has 7 heteroatoms. The second kappa shape index (κ2) is 6.85. The Morgan fingerprint density at radius 3 is 2.58 bits per heavy atom. The van der Waals surface area contributed by atoms with Gasteiger partial charge in [-0.05, 0) is 25.9 Å². The van der Waals surface area contributed by atoms with Crippen molar-refractivity contribution >= 4 is 28.9 Å². The lowest BCUT2D eigenvalue weighted by atomic mass is 9.96. The number of rotatable bonds is 3. The number of hydrogen-bond donors (Lipinski definition) is 1. The maximum Gasteiger partial charge on any atom is 0.180 e. The van der Waals surface area contributed by atoms with Crippen LogP contribution in [0.25, 0.3) is 0 Å². The van der Waals surface area contributed by atoms with Gasteiger partial charge in [-0.15, -0.1) is 23.7 Å². The molecule has 2 aliphatic heterocycles. The fourth-order valence-electron chi connectivity index (χ4n) is 2.65. The molecule has 2 fully saturated rings. The second-order valence-electron chi connectivity index (χ2n) is 4.89. The number of thiazole rings is 1. The molecule has 108 valence electrons. The maximum atomic E-state index is 5.64. The van der Waals surface area contributed by atoms with Crippen LogP contribution in [0.3, 0.4) is 0 Å². The molecule has 1 aromatic rings. The van der Waals surface area contributed by atoms with Crippen LogP contribution in [0.15, 0.2) is 6.20 Å². The molecule has 19 heavy (non-hydrogen) atoms. The number of piperidine rings is 1. The van der Waals surface area contributed by atoms with Gasteiger partial charge in [0.2, 0.25) is 0 Å². The summed E-state index contributed by atoms with van der Waals surface area (Å²) in [6.45, 7) is 4.68. The average molecular weight is 306 g/mol. The molecular weight excluding hydrogens is 286 g/mol. The van der Waals surface area contributed by atoms with Gasteiger partial charge in [-0.3, -0.25) is 4.90 Å². The molecule has 2 aliphatic rings. The van der Waals surface area contributed by atoms with Gasteiger partial charge in [0, 0.05) is 23.5 Å². The number of nitrogens with two attached hydrogens (primary N) is 1. The van der Waals surface area contributed by atoms with Crippen LogP contribution in [0.1, 0.15) is 17.7 Å². The third-order valence-corrected chi connectivity index (χ3v) is 4.43. The lowest BCUT2D eigenvalue weighted by Gasteiger charge is -2.33. The number of ether oxygens (including phenoxy) is 2. The van der Waals surface area contributed by atoms with E-state index in [-0.39, 0.29) is 18.7 Å². The van der Waals surface area contributed by atoms with Crippen LogP contribution in [0, 0.1) is 5.92 Å². The number of hydrogen-bond acceptors (Lipinski definition) is 6. The number of halogens is 1. The lowest BCUT2D eigenvalue weighted by Crippen LogP contribution is -2.37. The molecule has 0 radical (unpaired) electrons. The van der Waals surface area contributed by atoms with Crippen molar-refractivity contribution in [2.75, 3.05) is 32.0 Å². The van der Waals surface area contributed by atoms with Gasteiger partial charge in [-0.2, -0.15) is 0 Å². The third-order valence-electron chi connectivity index (χ3n) is 3.62. The van der Waals surface area contributed by atoms with E-state index in [1.54, 1.807) is 11.3 Å². The molecule has 0 aromatic carbocycles. The highest BCUT2D eigenvalue weighted by atomic mass is 35.5. The molecule has 0 unspecified atom stereocenters. The van der Waals surface area contributed by atoms with Crippen molar-refractivity contribution in [1.82, 2.24) is 9.88 Å². The van der Waals surface area contributed by atoms with Crippen molar-refractivity contribution in [3.63, 3.8) is 0 Å². The molecule has 0 spiro atoms. The molecule has 1 aromatic heterocycles. The van der Waals surface area contributed by atoms with Crippen molar-refractivity contribution in [2.45, 2.75) is 25.7 Å². The Labute approximate surface area is 123 Å². The molecule has 5 nitrogen and oxygen atoms in total. The van der Waals surface area contributed by atoms with Gasteiger partial charge in [-0.25, -0.2) is 4.98 Å². The zero-order valence-electron chi connectivity index (χ0n) is 10.8. The fraction of sp³-hybridized carbons (Fsp3) is 0.750. The molecule has 0 bridgehead atoms. The highest BCUT2D eigenvalue weighted by molar-refractivity contribution is 7.15. The van der Waals surface area contributed by atoms with Gasteiger partial charge in [0.25, 0.3) is 0 Å². The first-order valence-electron chi connectivity index (χ1n) is 6.47. The van der Waals surface area contributed by atoms with Gasteiger partial charge < -0.3 is 15.2 Å². The Bertz CT molecular complexity index is 390. The Kier molecular flexibility index (Phi) is 5.41. The highest BCUT2D eigenvalue weighted by Gasteiger charge is 2.30. The monoisotopic (exact) mass is 305 g/mol. The second-order valence-corrected chi connectivity index (χ2v) is 6.04. The van der Waals surface area contributed by atoms with Crippen LogP contribution in [0.4, 0.5) is 5.13 Å². The molecule has 0 atom stereocenters. The van der Waals surface area contributed by atoms with E-state index < -0.39 is 0 Å². The topological polar surface area (TPSA) is 60.6 Å². The Balaban J connectivity index is 0.00000133. The lowest BCUT2D eigenvalue weighted by molar-refractivity contribution is -0.0977. The zero-order valence-corrected chi connectivity index (χ0v) is 12.4. The Morgan fingerprint density at radius 2 is 2.00 bits per heavy atom. The molecule has 3 heterocycles. The Morgan fingerprint density at radius 1 is 1.32 bits per heavy atom. The minimum absolute atomic E-state index is 0. The molecule has 2 saturated heterocycles. The van der Waals surface area contributed by atoms with Gasteiger partial charge in [0.05, 0.1) is 13.2 Å². The van der Waals surface area contributed by atoms with E-state index in [1.165, 1.54) is 4.88 Å². The summed E-state index contributed by atoms with van der Waals surface area (Å²) in [5.41, 5.74) is 5.64. The van der Waals surface area contributed by atoms with Crippen LogP contribution in [-0.2, 0) is 16.0 Å². The maximum absolute atomic E-state index is 5.64. The van der Waals surface area contributed by atoms with Gasteiger partial charge >= 0.3 is 0 Å². The standard InChI is InChI=1S/C12H19N3O2S.ClH/c13-12-14-7-10(18-12)8-15-3-1-9(2-4-15)11-16-5-6-17-11;/h7,9,11H,1-6,8H2,(H2,13,14);1H. The van der Waals surface area contributed by atoms with Crippen molar-refractivity contribution in [1.29, 1.82) is 0 Å². The first-order valence-corrected chi connectivity index (χ1v) is 7.28. The van der Waals surface area contributed by atoms with E-state index in [4.69, 9.17) is 15.2 Å². The first-order chi connectivity index (χ1) is 8.81. The largest absolute Gasteiger partial charge is 0.375 e. The minimum atomic E-state index is 0. The molecule has 0 amide bonds. The number of likely N-dealkylation sites (tertiary alicyclic amines) is 1. The SMILES string of the molecule is Cl.Nc1ncc(CN2CCC(C3OCCO3)CC2)s1. The van der Waals surface area contributed by atoms with E-state index >= 15 is 0 Å². The van der Waals surface area contributed by atoms with E-state index in [2.05, 4.69) is 9.88 Å². The molecule has 0 aliphatic carbocycles. The predicted molar refractivity (Wildman–Crippen MR) is 77.5 cm³/mol. The van der Waals surface area contributed by atoms with Crippen LogP contribution in [0.2, 0.25) is 0 Å². The van der Waals surface area contributed by atoms with Gasteiger partial charge in [0.15, 0.2) is 11.4 Å². The first kappa shape index (κ1) is 15.0. The minimum Gasteiger partial charge on any atom is -0.375 e. The predicted octanol–water partition coefficient (Wildman–Crippen LogP) is 1.73. The van der Waals surface area contributed by atoms with E-state index in [0.717, 1.165) is 45.7 Å². The summed E-state index contributed by atoms with van der Waals surface area (Å²) in [4.78, 5) is 7.80. The average Bonchev–Trinajstić information content (AvgIpc) is 3.02. The van der Waals surface area contributed by atoms with Crippen molar-refractivity contribution in [3.05, 3.63) is 11.1 Å². The number of aromatic nitrogens is 1. The van der Waals surface area contributed by atoms with E-state index in [1.807, 2.05) is 6.20 Å². The molecule has 2 N–H and O–H groups in total. The fourth-order valence-corrected chi connectivity index (χ4v) is 3.37. The van der Waals surface area contributed by atoms with Crippen LogP contribution in [0.5, 0.6) is 0 Å². The van der Waals surface area contributed by atoms with Crippen LogP contribution >= 0.6 is 23.7 Å². The smallest absolute Gasteiger partial charge is 0.180 e. The summed E-state index contributed by atoms with van der Waals surface area (Å²) in [7, 11) is 0. The van der Waals surface area contributed by atoms with E-state index in [0.29, 0.717) is 11.0 Å². The number of nitrogens with zero attached hydrogens (tertiary/aromatic N) is 2. The van der Waals surface area contributed by atoms with Crippen LogP contribution < -0.4 is 5.73 Å². The summed E-state index contributed by atoms with van der Waals surface area (Å²) in [6.07, 6.45) is 4.24. The third kappa shape index (κ3) is 3.79. The zero-order chi connectivity index (χ0) is 12.4. The van der Waals surface area contributed by atoms with Crippen molar-refractivity contribution in [2.24, 2.45) is 5.92 Å².